The molecule has 0 atom stereocenters. The van der Waals surface area contributed by atoms with Gasteiger partial charge in [0.1, 0.15) is 0 Å². The molecule has 0 saturated carbocycles. The van der Waals surface area contributed by atoms with Crippen LogP contribution in [0.3, 0.4) is 0 Å². The first kappa shape index (κ1) is 18.2. The Bertz CT molecular complexity index is 458. The first-order valence-electron chi connectivity index (χ1n) is 8.42. The molecule has 0 N–H and O–H groups in total. The molecule has 0 bridgehead atoms. The minimum atomic E-state index is -1.12. The molecule has 118 valence electrons. The molecule has 0 saturated heterocycles. The fraction of sp³-hybridized carbons (Fsp3) is 0.632. The lowest BCUT2D eigenvalue weighted by Crippen LogP contribution is -2.32. The Kier molecular flexibility index (Phi) is 6.39. The van der Waals surface area contributed by atoms with Crippen LogP contribution in [0, 0.1) is 5.41 Å². The summed E-state index contributed by atoms with van der Waals surface area (Å²) in [5.41, 5.74) is 1.89. The highest BCUT2D eigenvalue weighted by molar-refractivity contribution is 6.79. The molecule has 1 rings (SSSR count). The average molecular weight is 305 g/mol. The highest BCUT2D eigenvalue weighted by atomic mass is 28.3. The number of rotatable bonds is 7. The van der Waals surface area contributed by atoms with Crippen LogP contribution in [0.2, 0.25) is 24.2 Å². The van der Waals surface area contributed by atoms with Crippen molar-refractivity contribution in [3.63, 3.8) is 0 Å². The van der Waals surface area contributed by atoms with Gasteiger partial charge in [0.05, 0.1) is 8.07 Å². The SMILES string of the molecule is CC[Si](CC)(CC)CCc1ccccc1C(=O)C(C)(C)C. The maximum atomic E-state index is 12.6. The zero-order valence-corrected chi connectivity index (χ0v) is 15.8. The second-order valence-corrected chi connectivity index (χ2v) is 12.9. The van der Waals surface area contributed by atoms with Crippen molar-refractivity contribution in [3.8, 4) is 0 Å². The standard InChI is InChI=1S/C19H32OSi/c1-7-21(8-2,9-3)15-14-16-12-10-11-13-17(16)18(20)19(4,5)6/h10-13H,7-9,14-15H2,1-6H3. The third kappa shape index (κ3) is 4.54. The van der Waals surface area contributed by atoms with Crippen molar-refractivity contribution in [1.82, 2.24) is 0 Å². The van der Waals surface area contributed by atoms with E-state index in [1.165, 1.54) is 29.7 Å². The number of ketones is 1. The number of carbonyl (C=O) groups is 1. The minimum absolute atomic E-state index is 0.273. The fourth-order valence-corrected chi connectivity index (χ4v) is 6.40. The molecule has 0 radical (unpaired) electrons. The van der Waals surface area contributed by atoms with Gasteiger partial charge in [-0.25, -0.2) is 0 Å². The number of aryl methyl sites for hydroxylation is 1. The molecule has 21 heavy (non-hydrogen) atoms. The van der Waals surface area contributed by atoms with Gasteiger partial charge in [0.25, 0.3) is 0 Å². The van der Waals surface area contributed by atoms with Crippen molar-refractivity contribution in [1.29, 1.82) is 0 Å². The normalized spacial score (nSPS) is 12.5. The molecular formula is C19H32OSi. The second-order valence-electron chi connectivity index (χ2n) is 7.30. The monoisotopic (exact) mass is 304 g/mol. The van der Waals surface area contributed by atoms with Gasteiger partial charge in [-0.3, -0.25) is 4.79 Å². The number of carbonyl (C=O) groups excluding carboxylic acids is 1. The van der Waals surface area contributed by atoms with Gasteiger partial charge in [0.15, 0.2) is 5.78 Å². The van der Waals surface area contributed by atoms with Gasteiger partial charge in [-0.05, 0) is 12.0 Å². The van der Waals surface area contributed by atoms with Crippen LogP contribution in [-0.4, -0.2) is 13.9 Å². The first-order chi connectivity index (χ1) is 9.79. The third-order valence-corrected chi connectivity index (χ3v) is 10.9. The molecule has 0 aliphatic carbocycles. The van der Waals surface area contributed by atoms with Crippen LogP contribution in [0.4, 0.5) is 0 Å². The number of Topliss-reactive ketones (excluding diaryl/α,β-unsaturated/α-hetero) is 1. The minimum Gasteiger partial charge on any atom is -0.294 e. The molecule has 0 aliphatic heterocycles. The van der Waals surface area contributed by atoms with E-state index in [1.807, 2.05) is 32.9 Å². The summed E-state index contributed by atoms with van der Waals surface area (Å²) in [6.45, 7) is 13.1. The van der Waals surface area contributed by atoms with Crippen molar-refractivity contribution in [2.24, 2.45) is 5.41 Å². The van der Waals surface area contributed by atoms with Gasteiger partial charge in [0, 0.05) is 11.0 Å². The summed E-state index contributed by atoms with van der Waals surface area (Å²) in [5, 5.41) is 0. The van der Waals surface area contributed by atoms with Crippen LogP contribution in [0.25, 0.3) is 0 Å². The molecule has 0 heterocycles. The molecule has 2 heteroatoms. The van der Waals surface area contributed by atoms with Crippen LogP contribution in [0.1, 0.15) is 57.5 Å². The Labute approximate surface area is 132 Å². The van der Waals surface area contributed by atoms with E-state index in [0.29, 0.717) is 0 Å². The Balaban J connectivity index is 2.98. The van der Waals surface area contributed by atoms with Crippen LogP contribution in [-0.2, 0) is 6.42 Å². The smallest absolute Gasteiger partial charge is 0.168 e. The van der Waals surface area contributed by atoms with E-state index in [2.05, 4.69) is 32.9 Å². The van der Waals surface area contributed by atoms with E-state index in [-0.39, 0.29) is 11.2 Å². The van der Waals surface area contributed by atoms with E-state index in [0.717, 1.165) is 12.0 Å². The molecule has 0 amide bonds. The van der Waals surface area contributed by atoms with Crippen molar-refractivity contribution in [3.05, 3.63) is 35.4 Å². The highest BCUT2D eigenvalue weighted by Crippen LogP contribution is 2.29. The Morgan fingerprint density at radius 1 is 1.00 bits per heavy atom. The van der Waals surface area contributed by atoms with Crippen molar-refractivity contribution < 1.29 is 4.79 Å². The summed E-state index contributed by atoms with van der Waals surface area (Å²) >= 11 is 0. The summed E-state index contributed by atoms with van der Waals surface area (Å²) in [4.78, 5) is 12.6. The predicted molar refractivity (Wildman–Crippen MR) is 95.9 cm³/mol. The molecular weight excluding hydrogens is 272 g/mol. The quantitative estimate of drug-likeness (QED) is 0.448. The summed E-state index contributed by atoms with van der Waals surface area (Å²) < 4.78 is 0. The number of hydrogen-bond acceptors (Lipinski definition) is 1. The van der Waals surface area contributed by atoms with Crippen LogP contribution in [0.15, 0.2) is 24.3 Å². The predicted octanol–water partition coefficient (Wildman–Crippen LogP) is 5.97. The Morgan fingerprint density at radius 2 is 1.52 bits per heavy atom. The van der Waals surface area contributed by atoms with Crippen LogP contribution < -0.4 is 0 Å². The maximum absolute atomic E-state index is 12.6. The van der Waals surface area contributed by atoms with Gasteiger partial charge in [-0.15, -0.1) is 0 Å². The summed E-state index contributed by atoms with van der Waals surface area (Å²) in [7, 11) is -1.12. The van der Waals surface area contributed by atoms with Gasteiger partial charge in [-0.2, -0.15) is 0 Å². The van der Waals surface area contributed by atoms with Crippen molar-refractivity contribution >= 4 is 13.9 Å². The number of hydrogen-bond donors (Lipinski definition) is 0. The largest absolute Gasteiger partial charge is 0.294 e. The molecule has 0 fully saturated rings. The van der Waals surface area contributed by atoms with E-state index >= 15 is 0 Å². The summed E-state index contributed by atoms with van der Waals surface area (Å²) in [6.07, 6.45) is 1.07. The van der Waals surface area contributed by atoms with Gasteiger partial charge >= 0.3 is 0 Å². The molecule has 1 aromatic rings. The summed E-state index contributed by atoms with van der Waals surface area (Å²) in [6, 6.07) is 13.6. The summed E-state index contributed by atoms with van der Waals surface area (Å²) in [5.74, 6) is 0.273. The third-order valence-electron chi connectivity index (χ3n) is 5.12. The van der Waals surface area contributed by atoms with Gasteiger partial charge in [0.2, 0.25) is 0 Å². The van der Waals surface area contributed by atoms with E-state index < -0.39 is 8.07 Å². The Hall–Kier alpha value is -0.893. The first-order valence-corrected chi connectivity index (χ1v) is 11.2. The van der Waals surface area contributed by atoms with Crippen LogP contribution >= 0.6 is 0 Å². The Morgan fingerprint density at radius 3 is 2.00 bits per heavy atom. The maximum Gasteiger partial charge on any atom is 0.168 e. The second kappa shape index (κ2) is 7.39. The van der Waals surface area contributed by atoms with Gasteiger partial charge in [-0.1, -0.05) is 90.0 Å². The topological polar surface area (TPSA) is 17.1 Å². The zero-order chi connectivity index (χ0) is 16.1. The highest BCUT2D eigenvalue weighted by Gasteiger charge is 2.28. The lowest BCUT2D eigenvalue weighted by atomic mass is 9.84. The van der Waals surface area contributed by atoms with E-state index in [4.69, 9.17) is 0 Å². The molecule has 0 unspecified atom stereocenters. The van der Waals surface area contributed by atoms with Crippen molar-refractivity contribution in [2.45, 2.75) is 72.1 Å². The average Bonchev–Trinajstić information content (AvgIpc) is 2.48. The van der Waals surface area contributed by atoms with E-state index in [9.17, 15) is 4.79 Å². The number of benzene rings is 1. The van der Waals surface area contributed by atoms with Crippen LogP contribution in [0.5, 0.6) is 0 Å². The molecule has 0 aliphatic rings. The van der Waals surface area contributed by atoms with Crippen molar-refractivity contribution in [2.75, 3.05) is 0 Å². The lowest BCUT2D eigenvalue weighted by molar-refractivity contribution is 0.0857. The fourth-order valence-electron chi connectivity index (χ4n) is 3.04. The lowest BCUT2D eigenvalue weighted by Gasteiger charge is -2.28. The van der Waals surface area contributed by atoms with Gasteiger partial charge < -0.3 is 0 Å². The zero-order valence-electron chi connectivity index (χ0n) is 14.8. The van der Waals surface area contributed by atoms with E-state index in [1.54, 1.807) is 0 Å². The molecule has 0 spiro atoms. The molecule has 1 nitrogen and oxygen atoms in total. The molecule has 0 aromatic heterocycles. The molecule has 1 aromatic carbocycles.